The first kappa shape index (κ1) is 17.1. The maximum Gasteiger partial charge on any atom is 0.303 e. The Morgan fingerprint density at radius 3 is 2.36 bits per heavy atom. The number of carboxylic acid groups (broad SMARTS) is 1. The number of carbonyl (C=O) groups is 1. The van der Waals surface area contributed by atoms with E-state index in [0.29, 0.717) is 16.3 Å². The lowest BCUT2D eigenvalue weighted by atomic mass is 9.97. The first-order valence-corrected chi connectivity index (χ1v) is 8.80. The fourth-order valence-corrected chi connectivity index (χ4v) is 2.97. The normalized spacial score (nSPS) is 12.0. The standard InChI is InChI=1S/C18H16N2O4S/c19-25(23)14-8-6-12(7-9-14)17-15(10-11-16(21)22)24-20-18(17)13-4-2-1-3-5-13/h1-9H,10-11,19H2,(H,21,22). The molecular formula is C18H16N2O4S. The molecule has 0 radical (unpaired) electrons. The Morgan fingerprint density at radius 1 is 1.08 bits per heavy atom. The maximum atomic E-state index is 11.4. The molecule has 1 unspecified atom stereocenters. The van der Waals surface area contributed by atoms with Crippen LogP contribution < -0.4 is 5.14 Å². The van der Waals surface area contributed by atoms with Crippen LogP contribution in [0.25, 0.3) is 22.4 Å². The van der Waals surface area contributed by atoms with Gasteiger partial charge in [-0.05, 0) is 17.7 Å². The van der Waals surface area contributed by atoms with Gasteiger partial charge in [0.1, 0.15) is 22.4 Å². The second-order valence-corrected chi connectivity index (χ2v) is 6.48. The first-order chi connectivity index (χ1) is 12.1. The van der Waals surface area contributed by atoms with Crippen LogP contribution in [0.3, 0.4) is 0 Å². The van der Waals surface area contributed by atoms with E-state index in [-0.39, 0.29) is 12.8 Å². The van der Waals surface area contributed by atoms with E-state index in [9.17, 15) is 9.00 Å². The average molecular weight is 356 g/mol. The van der Waals surface area contributed by atoms with Gasteiger partial charge in [0, 0.05) is 12.0 Å². The number of nitrogens with two attached hydrogens (primary N) is 1. The number of hydrogen-bond donors (Lipinski definition) is 2. The molecular weight excluding hydrogens is 340 g/mol. The van der Waals surface area contributed by atoms with Crippen LogP contribution in [0.5, 0.6) is 0 Å². The van der Waals surface area contributed by atoms with Crippen LogP contribution in [0.1, 0.15) is 12.2 Å². The third-order valence-electron chi connectivity index (χ3n) is 3.75. The van der Waals surface area contributed by atoms with Crippen molar-refractivity contribution in [3.63, 3.8) is 0 Å². The Bertz CT molecular complexity index is 905. The van der Waals surface area contributed by atoms with E-state index in [4.69, 9.17) is 14.8 Å². The maximum absolute atomic E-state index is 11.4. The lowest BCUT2D eigenvalue weighted by Gasteiger charge is -2.05. The van der Waals surface area contributed by atoms with Crippen molar-refractivity contribution in [3.05, 3.63) is 60.4 Å². The molecule has 1 atom stereocenters. The van der Waals surface area contributed by atoms with E-state index in [0.717, 1.165) is 16.7 Å². The summed E-state index contributed by atoms with van der Waals surface area (Å²) in [7, 11) is -1.56. The molecule has 3 aromatic rings. The van der Waals surface area contributed by atoms with Crippen molar-refractivity contribution in [1.82, 2.24) is 5.16 Å². The third kappa shape index (κ3) is 3.84. The molecule has 0 aliphatic rings. The quantitative estimate of drug-likeness (QED) is 0.706. The van der Waals surface area contributed by atoms with Crippen LogP contribution in [0.4, 0.5) is 0 Å². The van der Waals surface area contributed by atoms with Crippen LogP contribution >= 0.6 is 0 Å². The molecule has 0 amide bonds. The molecule has 25 heavy (non-hydrogen) atoms. The fourth-order valence-electron chi connectivity index (χ4n) is 2.56. The van der Waals surface area contributed by atoms with E-state index in [1.54, 1.807) is 24.3 Å². The molecule has 0 bridgehead atoms. The van der Waals surface area contributed by atoms with Crippen molar-refractivity contribution in [3.8, 4) is 22.4 Å². The molecule has 0 aliphatic heterocycles. The minimum Gasteiger partial charge on any atom is -0.481 e. The Balaban J connectivity index is 2.08. The van der Waals surface area contributed by atoms with Crippen LogP contribution in [0.15, 0.2) is 64.0 Å². The second kappa shape index (κ2) is 7.42. The summed E-state index contributed by atoms with van der Waals surface area (Å²) in [6.07, 6.45) is 0.177. The second-order valence-electron chi connectivity index (χ2n) is 5.41. The molecule has 6 nitrogen and oxygen atoms in total. The van der Waals surface area contributed by atoms with Gasteiger partial charge >= 0.3 is 5.97 Å². The van der Waals surface area contributed by atoms with Gasteiger partial charge in [-0.2, -0.15) is 0 Å². The summed E-state index contributed by atoms with van der Waals surface area (Å²) in [6.45, 7) is 0. The van der Waals surface area contributed by atoms with Gasteiger partial charge in [-0.25, -0.2) is 9.35 Å². The SMILES string of the molecule is NS(=O)c1ccc(-c2c(-c3ccccc3)noc2CCC(=O)O)cc1. The highest BCUT2D eigenvalue weighted by atomic mass is 32.2. The van der Waals surface area contributed by atoms with Gasteiger partial charge in [-0.1, -0.05) is 47.6 Å². The van der Waals surface area contributed by atoms with Crippen molar-refractivity contribution in [2.45, 2.75) is 17.7 Å². The molecule has 0 spiro atoms. The van der Waals surface area contributed by atoms with Crippen molar-refractivity contribution < 1.29 is 18.6 Å². The highest BCUT2D eigenvalue weighted by molar-refractivity contribution is 7.82. The van der Waals surface area contributed by atoms with E-state index in [1.807, 2.05) is 30.3 Å². The number of aryl methyl sites for hydroxylation is 1. The Hall–Kier alpha value is -2.77. The molecule has 1 aromatic heterocycles. The summed E-state index contributed by atoms with van der Waals surface area (Å²) in [6, 6.07) is 16.4. The zero-order valence-corrected chi connectivity index (χ0v) is 14.0. The summed E-state index contributed by atoms with van der Waals surface area (Å²) in [5, 5.41) is 18.5. The highest BCUT2D eigenvalue weighted by Gasteiger charge is 2.20. The molecule has 0 fully saturated rings. The van der Waals surface area contributed by atoms with Gasteiger partial charge in [-0.3, -0.25) is 4.79 Å². The number of hydrogen-bond acceptors (Lipinski definition) is 4. The molecule has 0 aliphatic carbocycles. The summed E-state index contributed by atoms with van der Waals surface area (Å²) in [4.78, 5) is 11.4. The zero-order chi connectivity index (χ0) is 17.8. The van der Waals surface area contributed by atoms with E-state index >= 15 is 0 Å². The molecule has 128 valence electrons. The number of benzene rings is 2. The Morgan fingerprint density at radius 2 is 1.76 bits per heavy atom. The van der Waals surface area contributed by atoms with Crippen LogP contribution in [0.2, 0.25) is 0 Å². The van der Waals surface area contributed by atoms with E-state index < -0.39 is 17.0 Å². The van der Waals surface area contributed by atoms with Gasteiger partial charge < -0.3 is 9.63 Å². The first-order valence-electron chi connectivity index (χ1n) is 7.58. The number of aromatic nitrogens is 1. The van der Waals surface area contributed by atoms with Crippen LogP contribution in [0, 0.1) is 0 Å². The predicted molar refractivity (Wildman–Crippen MR) is 93.9 cm³/mol. The van der Waals surface area contributed by atoms with Gasteiger partial charge in [0.15, 0.2) is 0 Å². The number of carboxylic acids is 1. The Labute approximate surface area is 146 Å². The summed E-state index contributed by atoms with van der Waals surface area (Å²) < 4.78 is 16.8. The van der Waals surface area contributed by atoms with Crippen molar-refractivity contribution in [1.29, 1.82) is 0 Å². The van der Waals surface area contributed by atoms with Crippen molar-refractivity contribution in [2.75, 3.05) is 0 Å². The smallest absolute Gasteiger partial charge is 0.303 e. The minimum atomic E-state index is -1.56. The monoisotopic (exact) mass is 356 g/mol. The van der Waals surface area contributed by atoms with Crippen LogP contribution in [-0.4, -0.2) is 20.4 Å². The average Bonchev–Trinajstić information content (AvgIpc) is 3.04. The van der Waals surface area contributed by atoms with Crippen LogP contribution in [-0.2, 0) is 22.2 Å². The lowest BCUT2D eigenvalue weighted by molar-refractivity contribution is -0.137. The van der Waals surface area contributed by atoms with E-state index in [2.05, 4.69) is 5.16 Å². The van der Waals surface area contributed by atoms with Crippen molar-refractivity contribution >= 4 is 17.0 Å². The number of nitrogens with zero attached hydrogens (tertiary/aromatic N) is 1. The van der Waals surface area contributed by atoms with Crippen molar-refractivity contribution in [2.24, 2.45) is 5.14 Å². The topological polar surface area (TPSA) is 106 Å². The Kier molecular flexibility index (Phi) is 5.06. The number of aliphatic carboxylic acids is 1. The molecule has 3 rings (SSSR count). The summed E-state index contributed by atoms with van der Waals surface area (Å²) >= 11 is 0. The molecule has 0 saturated heterocycles. The lowest BCUT2D eigenvalue weighted by Crippen LogP contribution is -2.02. The molecule has 2 aromatic carbocycles. The van der Waals surface area contributed by atoms with Gasteiger partial charge in [0.25, 0.3) is 0 Å². The third-order valence-corrected chi connectivity index (χ3v) is 4.49. The summed E-state index contributed by atoms with van der Waals surface area (Å²) in [5.74, 6) is -0.402. The van der Waals surface area contributed by atoms with Gasteiger partial charge in [0.05, 0.1) is 16.9 Å². The number of rotatable bonds is 6. The van der Waals surface area contributed by atoms with Gasteiger partial charge in [-0.15, -0.1) is 0 Å². The molecule has 1 heterocycles. The zero-order valence-electron chi connectivity index (χ0n) is 13.2. The largest absolute Gasteiger partial charge is 0.481 e. The van der Waals surface area contributed by atoms with Gasteiger partial charge in [0.2, 0.25) is 0 Å². The van der Waals surface area contributed by atoms with E-state index in [1.165, 1.54) is 0 Å². The molecule has 3 N–H and O–H groups in total. The predicted octanol–water partition coefficient (Wildman–Crippen LogP) is 3.01. The highest BCUT2D eigenvalue weighted by Crippen LogP contribution is 2.35. The fraction of sp³-hybridized carbons (Fsp3) is 0.111. The minimum absolute atomic E-state index is 0.0542. The molecule has 0 saturated carbocycles. The molecule has 7 heteroatoms. The summed E-state index contributed by atoms with van der Waals surface area (Å²) in [5.41, 5.74) is 3.05.